The van der Waals surface area contributed by atoms with Crippen molar-refractivity contribution in [2.75, 3.05) is 26.2 Å². The van der Waals surface area contributed by atoms with E-state index >= 15 is 0 Å². The van der Waals surface area contributed by atoms with Gasteiger partial charge in [0.1, 0.15) is 0 Å². The third kappa shape index (κ3) is 4.27. The Labute approximate surface area is 126 Å². The molecule has 1 aromatic heterocycles. The molecule has 19 heavy (non-hydrogen) atoms. The van der Waals surface area contributed by atoms with E-state index in [2.05, 4.69) is 15.9 Å². The van der Waals surface area contributed by atoms with E-state index in [9.17, 15) is 4.79 Å². The van der Waals surface area contributed by atoms with Gasteiger partial charge >= 0.3 is 0 Å². The topological polar surface area (TPSA) is 55.6 Å². The molecule has 0 atom stereocenters. The monoisotopic (exact) mass is 346 g/mol. The molecule has 1 amide bonds. The SMILES string of the molecule is NCCCOC1CCN(C(=O)c2ccc(Br)s2)CC1. The summed E-state index contributed by atoms with van der Waals surface area (Å²) in [5, 5.41) is 0. The van der Waals surface area contributed by atoms with Crippen molar-refractivity contribution in [1.82, 2.24) is 4.90 Å². The number of rotatable bonds is 5. The molecule has 0 bridgehead atoms. The molecule has 4 nitrogen and oxygen atoms in total. The molecule has 1 aromatic rings. The number of ether oxygens (including phenoxy) is 1. The van der Waals surface area contributed by atoms with Gasteiger partial charge in [-0.1, -0.05) is 0 Å². The Bertz CT molecular complexity index is 417. The van der Waals surface area contributed by atoms with Crippen LogP contribution in [0.2, 0.25) is 0 Å². The lowest BCUT2D eigenvalue weighted by atomic mass is 10.1. The molecule has 0 aliphatic carbocycles. The average molecular weight is 347 g/mol. The first-order chi connectivity index (χ1) is 9.20. The first-order valence-corrected chi connectivity index (χ1v) is 8.18. The van der Waals surface area contributed by atoms with Gasteiger partial charge in [0.25, 0.3) is 5.91 Å². The highest BCUT2D eigenvalue weighted by atomic mass is 79.9. The molecule has 106 valence electrons. The van der Waals surface area contributed by atoms with Crippen LogP contribution in [0, 0.1) is 0 Å². The quantitative estimate of drug-likeness (QED) is 0.833. The van der Waals surface area contributed by atoms with Gasteiger partial charge in [-0.05, 0) is 53.9 Å². The first kappa shape index (κ1) is 15.0. The summed E-state index contributed by atoms with van der Waals surface area (Å²) in [6.07, 6.45) is 3.03. The van der Waals surface area contributed by atoms with Gasteiger partial charge in [-0.15, -0.1) is 11.3 Å². The van der Waals surface area contributed by atoms with Crippen molar-refractivity contribution in [3.63, 3.8) is 0 Å². The fraction of sp³-hybridized carbons (Fsp3) is 0.615. The summed E-state index contributed by atoms with van der Waals surface area (Å²) in [4.78, 5) is 15.0. The van der Waals surface area contributed by atoms with Crippen LogP contribution in [0.4, 0.5) is 0 Å². The minimum absolute atomic E-state index is 0.135. The molecule has 1 aliphatic rings. The van der Waals surface area contributed by atoms with E-state index < -0.39 is 0 Å². The second-order valence-corrected chi connectivity index (χ2v) is 7.07. The van der Waals surface area contributed by atoms with Crippen LogP contribution in [0.1, 0.15) is 28.9 Å². The fourth-order valence-electron chi connectivity index (χ4n) is 2.14. The summed E-state index contributed by atoms with van der Waals surface area (Å²) >= 11 is 4.87. The lowest BCUT2D eigenvalue weighted by molar-refractivity contribution is 0.00858. The van der Waals surface area contributed by atoms with Crippen LogP contribution in [-0.2, 0) is 4.74 Å². The molecule has 0 saturated carbocycles. The molecule has 2 rings (SSSR count). The van der Waals surface area contributed by atoms with Gasteiger partial charge in [0.05, 0.1) is 14.8 Å². The summed E-state index contributed by atoms with van der Waals surface area (Å²) in [5.74, 6) is 0.135. The van der Waals surface area contributed by atoms with Gasteiger partial charge in [-0.3, -0.25) is 4.79 Å². The standard InChI is InChI=1S/C13H19BrN2O2S/c14-12-3-2-11(19-12)13(17)16-7-4-10(5-8-16)18-9-1-6-15/h2-3,10H,1,4-9,15H2. The van der Waals surface area contributed by atoms with Gasteiger partial charge in [0, 0.05) is 19.7 Å². The number of halogens is 1. The Morgan fingerprint density at radius 3 is 2.79 bits per heavy atom. The highest BCUT2D eigenvalue weighted by Gasteiger charge is 2.24. The zero-order valence-electron chi connectivity index (χ0n) is 10.8. The van der Waals surface area contributed by atoms with Crippen LogP contribution >= 0.6 is 27.3 Å². The van der Waals surface area contributed by atoms with Crippen LogP contribution < -0.4 is 5.73 Å². The Balaban J connectivity index is 1.78. The number of nitrogens with two attached hydrogens (primary N) is 1. The smallest absolute Gasteiger partial charge is 0.263 e. The molecule has 0 spiro atoms. The number of hydrogen-bond donors (Lipinski definition) is 1. The van der Waals surface area contributed by atoms with Gasteiger partial charge in [0.15, 0.2) is 0 Å². The Kier molecular flexibility index (Phi) is 5.81. The van der Waals surface area contributed by atoms with E-state index in [1.165, 1.54) is 11.3 Å². The summed E-state index contributed by atoms with van der Waals surface area (Å²) in [5.41, 5.74) is 5.44. The Morgan fingerprint density at radius 2 is 2.21 bits per heavy atom. The van der Waals surface area contributed by atoms with E-state index in [0.717, 1.165) is 47.6 Å². The third-order valence-electron chi connectivity index (χ3n) is 3.22. The number of carbonyl (C=O) groups excluding carboxylic acids is 1. The largest absolute Gasteiger partial charge is 0.378 e. The van der Waals surface area contributed by atoms with E-state index in [4.69, 9.17) is 10.5 Å². The predicted octanol–water partition coefficient (Wildman–Crippen LogP) is 2.48. The third-order valence-corrected chi connectivity index (χ3v) is 4.83. The van der Waals surface area contributed by atoms with Crippen LogP contribution in [-0.4, -0.2) is 43.2 Å². The van der Waals surface area contributed by atoms with Gasteiger partial charge in [0.2, 0.25) is 0 Å². The van der Waals surface area contributed by atoms with E-state index in [-0.39, 0.29) is 12.0 Å². The lowest BCUT2D eigenvalue weighted by Gasteiger charge is -2.31. The molecule has 6 heteroatoms. The van der Waals surface area contributed by atoms with Crippen molar-refractivity contribution in [3.05, 3.63) is 20.8 Å². The van der Waals surface area contributed by atoms with Crippen molar-refractivity contribution >= 4 is 33.2 Å². The second-order valence-electron chi connectivity index (χ2n) is 4.61. The molecule has 0 unspecified atom stereocenters. The van der Waals surface area contributed by atoms with Crippen molar-refractivity contribution in [3.8, 4) is 0 Å². The minimum atomic E-state index is 0.135. The molecule has 0 radical (unpaired) electrons. The minimum Gasteiger partial charge on any atom is -0.378 e. The van der Waals surface area contributed by atoms with Crippen LogP contribution in [0.25, 0.3) is 0 Å². The zero-order valence-corrected chi connectivity index (χ0v) is 13.2. The fourth-order valence-corrected chi connectivity index (χ4v) is 3.50. The number of piperidine rings is 1. The van der Waals surface area contributed by atoms with Gasteiger partial charge in [-0.25, -0.2) is 0 Å². The van der Waals surface area contributed by atoms with Crippen molar-refractivity contribution in [2.45, 2.75) is 25.4 Å². The number of thiophene rings is 1. The average Bonchev–Trinajstić information content (AvgIpc) is 2.86. The molecule has 1 saturated heterocycles. The van der Waals surface area contributed by atoms with Crippen molar-refractivity contribution in [2.24, 2.45) is 5.73 Å². The molecular weight excluding hydrogens is 328 g/mol. The highest BCUT2D eigenvalue weighted by Crippen LogP contribution is 2.24. The second kappa shape index (κ2) is 7.38. The van der Waals surface area contributed by atoms with Gasteiger partial charge in [-0.2, -0.15) is 0 Å². The molecule has 0 aromatic carbocycles. The molecular formula is C13H19BrN2O2S. The highest BCUT2D eigenvalue weighted by molar-refractivity contribution is 9.11. The van der Waals surface area contributed by atoms with Crippen LogP contribution in [0.15, 0.2) is 15.9 Å². The molecule has 1 aliphatic heterocycles. The molecule has 2 N–H and O–H groups in total. The number of likely N-dealkylation sites (tertiary alicyclic amines) is 1. The Morgan fingerprint density at radius 1 is 1.47 bits per heavy atom. The first-order valence-electron chi connectivity index (χ1n) is 6.57. The van der Waals surface area contributed by atoms with Crippen LogP contribution in [0.5, 0.6) is 0 Å². The van der Waals surface area contributed by atoms with Crippen molar-refractivity contribution in [1.29, 1.82) is 0 Å². The van der Waals surface area contributed by atoms with Crippen molar-refractivity contribution < 1.29 is 9.53 Å². The van der Waals surface area contributed by atoms with E-state index in [1.807, 2.05) is 17.0 Å². The lowest BCUT2D eigenvalue weighted by Crippen LogP contribution is -2.40. The molecule has 2 heterocycles. The maximum Gasteiger partial charge on any atom is 0.263 e. The van der Waals surface area contributed by atoms with Crippen LogP contribution in [0.3, 0.4) is 0 Å². The van der Waals surface area contributed by atoms with E-state index in [1.54, 1.807) is 0 Å². The normalized spacial score (nSPS) is 16.8. The number of carbonyl (C=O) groups is 1. The predicted molar refractivity (Wildman–Crippen MR) is 80.6 cm³/mol. The molecule has 1 fully saturated rings. The summed E-state index contributed by atoms with van der Waals surface area (Å²) < 4.78 is 6.73. The number of amides is 1. The number of hydrogen-bond acceptors (Lipinski definition) is 4. The maximum atomic E-state index is 12.2. The summed E-state index contributed by atoms with van der Waals surface area (Å²) in [6, 6.07) is 3.79. The Hall–Kier alpha value is -0.430. The summed E-state index contributed by atoms with van der Waals surface area (Å²) in [6.45, 7) is 2.96. The van der Waals surface area contributed by atoms with E-state index in [0.29, 0.717) is 6.54 Å². The zero-order chi connectivity index (χ0) is 13.7. The van der Waals surface area contributed by atoms with Gasteiger partial charge < -0.3 is 15.4 Å². The number of nitrogens with zero attached hydrogens (tertiary/aromatic N) is 1. The summed E-state index contributed by atoms with van der Waals surface area (Å²) in [7, 11) is 0. The maximum absolute atomic E-state index is 12.2.